The zero-order chi connectivity index (χ0) is 17.1. The number of hydrogen-bond donors (Lipinski definition) is 3. The minimum absolute atomic E-state index is 0.241. The predicted molar refractivity (Wildman–Crippen MR) is 88.6 cm³/mol. The van der Waals surface area contributed by atoms with Crippen LogP contribution >= 0.6 is 0 Å². The Morgan fingerprint density at radius 2 is 1.75 bits per heavy atom. The molecule has 1 heterocycles. The smallest absolute Gasteiger partial charge is 0.319 e. The molecule has 0 saturated carbocycles. The van der Waals surface area contributed by atoms with Crippen LogP contribution in [0.25, 0.3) is 0 Å². The van der Waals surface area contributed by atoms with Crippen molar-refractivity contribution in [3.63, 3.8) is 0 Å². The number of hydrogen-bond acceptors (Lipinski definition) is 2. The molecule has 0 fully saturated rings. The molecule has 0 spiro atoms. The lowest BCUT2D eigenvalue weighted by Gasteiger charge is -2.28. The van der Waals surface area contributed by atoms with Crippen LogP contribution in [0, 0.1) is 5.82 Å². The summed E-state index contributed by atoms with van der Waals surface area (Å²) >= 11 is 0. The van der Waals surface area contributed by atoms with Crippen LogP contribution in [0.3, 0.4) is 0 Å². The second-order valence-electron chi connectivity index (χ2n) is 5.41. The topological polar surface area (TPSA) is 70.2 Å². The molecule has 3 rings (SSSR count). The van der Waals surface area contributed by atoms with Gasteiger partial charge in [-0.25, -0.2) is 9.18 Å². The maximum Gasteiger partial charge on any atom is 0.319 e. The van der Waals surface area contributed by atoms with Crippen molar-refractivity contribution in [1.82, 2.24) is 10.6 Å². The summed E-state index contributed by atoms with van der Waals surface area (Å²) in [6.07, 6.45) is 0. The molecule has 6 heteroatoms. The highest BCUT2D eigenvalue weighted by molar-refractivity contribution is 6.06. The molecule has 1 atom stereocenters. The van der Waals surface area contributed by atoms with Crippen LogP contribution in [0.4, 0.5) is 14.9 Å². The number of nitrogens with one attached hydrogen (secondary N) is 3. The highest BCUT2D eigenvalue weighted by atomic mass is 19.1. The molecule has 3 N–H and O–H groups in total. The van der Waals surface area contributed by atoms with Crippen LogP contribution in [-0.4, -0.2) is 11.9 Å². The number of halogens is 1. The molecule has 3 amide bonds. The van der Waals surface area contributed by atoms with Crippen LogP contribution < -0.4 is 16.0 Å². The summed E-state index contributed by atoms with van der Waals surface area (Å²) in [6, 6.07) is 13.7. The summed E-state index contributed by atoms with van der Waals surface area (Å²) in [4.78, 5) is 24.5. The normalized spacial score (nSPS) is 17.1. The lowest BCUT2D eigenvalue weighted by molar-refractivity contribution is -0.113. The Labute approximate surface area is 138 Å². The van der Waals surface area contributed by atoms with E-state index in [0.29, 0.717) is 11.4 Å². The second-order valence-corrected chi connectivity index (χ2v) is 5.41. The first-order valence-corrected chi connectivity index (χ1v) is 7.45. The molecule has 5 nitrogen and oxygen atoms in total. The standard InChI is InChI=1S/C18H16FN3O2/c1-11-15(17(23)21-12-7-3-2-4-8-12)16(22-18(24)20-11)13-9-5-6-10-14(13)19/h2-10,16H,1H3,(H,21,23)(H2,20,22,24)/t16-/m0/s1. The summed E-state index contributed by atoms with van der Waals surface area (Å²) < 4.78 is 14.2. The van der Waals surface area contributed by atoms with E-state index < -0.39 is 23.8 Å². The largest absolute Gasteiger partial charge is 0.327 e. The van der Waals surface area contributed by atoms with Gasteiger partial charge in [-0.2, -0.15) is 0 Å². The Kier molecular flexibility index (Phi) is 4.29. The molecule has 0 radical (unpaired) electrons. The third-order valence-electron chi connectivity index (χ3n) is 3.76. The number of anilines is 1. The number of allylic oxidation sites excluding steroid dienone is 1. The Balaban J connectivity index is 1.98. The van der Waals surface area contributed by atoms with Gasteiger partial charge in [0.05, 0.1) is 11.6 Å². The Hall–Kier alpha value is -3.15. The lowest BCUT2D eigenvalue weighted by Crippen LogP contribution is -2.46. The van der Waals surface area contributed by atoms with E-state index in [1.165, 1.54) is 6.07 Å². The summed E-state index contributed by atoms with van der Waals surface area (Å²) in [6.45, 7) is 1.62. The number of urea groups is 1. The van der Waals surface area contributed by atoms with Gasteiger partial charge < -0.3 is 16.0 Å². The van der Waals surface area contributed by atoms with E-state index in [1.54, 1.807) is 49.4 Å². The van der Waals surface area contributed by atoms with Crippen LogP contribution in [0.1, 0.15) is 18.5 Å². The van der Waals surface area contributed by atoms with Gasteiger partial charge in [0.2, 0.25) is 0 Å². The van der Waals surface area contributed by atoms with Gasteiger partial charge in [-0.05, 0) is 25.1 Å². The number of amides is 3. The van der Waals surface area contributed by atoms with Crippen molar-refractivity contribution < 1.29 is 14.0 Å². The molecule has 2 aromatic carbocycles. The molecule has 1 aliphatic heterocycles. The van der Waals surface area contributed by atoms with E-state index in [1.807, 2.05) is 6.07 Å². The number of carbonyl (C=O) groups is 2. The molecule has 0 aliphatic carbocycles. The molecule has 2 aromatic rings. The summed E-state index contributed by atoms with van der Waals surface area (Å²) in [7, 11) is 0. The second kappa shape index (κ2) is 6.54. The van der Waals surface area contributed by atoms with Crippen LogP contribution in [0.5, 0.6) is 0 Å². The number of benzene rings is 2. The fourth-order valence-electron chi connectivity index (χ4n) is 2.66. The van der Waals surface area contributed by atoms with Crippen molar-refractivity contribution in [1.29, 1.82) is 0 Å². The zero-order valence-electron chi connectivity index (χ0n) is 13.0. The monoisotopic (exact) mass is 325 g/mol. The van der Waals surface area contributed by atoms with E-state index in [4.69, 9.17) is 0 Å². The molecule has 0 unspecified atom stereocenters. The van der Waals surface area contributed by atoms with Gasteiger partial charge in [0.25, 0.3) is 5.91 Å². The molecule has 1 aliphatic rings. The maximum atomic E-state index is 14.2. The van der Waals surface area contributed by atoms with Crippen LogP contribution in [-0.2, 0) is 4.79 Å². The molecule has 0 aromatic heterocycles. The molecule has 0 bridgehead atoms. The molecule has 122 valence electrons. The van der Waals surface area contributed by atoms with Crippen molar-refractivity contribution in [3.05, 3.63) is 77.2 Å². The molecular weight excluding hydrogens is 309 g/mol. The van der Waals surface area contributed by atoms with Crippen molar-refractivity contribution in [3.8, 4) is 0 Å². The molecule has 24 heavy (non-hydrogen) atoms. The van der Waals surface area contributed by atoms with Gasteiger partial charge in [0.15, 0.2) is 0 Å². The Morgan fingerprint density at radius 3 is 2.46 bits per heavy atom. The first-order chi connectivity index (χ1) is 11.6. The van der Waals surface area contributed by atoms with Crippen molar-refractivity contribution >= 4 is 17.6 Å². The average Bonchev–Trinajstić information content (AvgIpc) is 2.55. The van der Waals surface area contributed by atoms with Gasteiger partial charge in [-0.15, -0.1) is 0 Å². The summed E-state index contributed by atoms with van der Waals surface area (Å²) in [5.41, 5.74) is 1.51. The minimum atomic E-state index is -0.858. The van der Waals surface area contributed by atoms with Crippen LogP contribution in [0.15, 0.2) is 65.9 Å². The fourth-order valence-corrected chi connectivity index (χ4v) is 2.66. The van der Waals surface area contributed by atoms with Gasteiger partial charge >= 0.3 is 6.03 Å². The fraction of sp³-hybridized carbons (Fsp3) is 0.111. The lowest BCUT2D eigenvalue weighted by atomic mass is 9.94. The van der Waals surface area contributed by atoms with Gasteiger partial charge in [0, 0.05) is 16.9 Å². The predicted octanol–water partition coefficient (Wildman–Crippen LogP) is 3.09. The highest BCUT2D eigenvalue weighted by Crippen LogP contribution is 2.29. The minimum Gasteiger partial charge on any atom is -0.327 e. The van der Waals surface area contributed by atoms with Crippen molar-refractivity contribution in [2.24, 2.45) is 0 Å². The number of rotatable bonds is 3. The zero-order valence-corrected chi connectivity index (χ0v) is 13.0. The van der Waals surface area contributed by atoms with Gasteiger partial charge in [0.1, 0.15) is 5.82 Å². The van der Waals surface area contributed by atoms with E-state index >= 15 is 0 Å². The summed E-state index contributed by atoms with van der Waals surface area (Å²) in [5.74, 6) is -0.887. The number of carbonyl (C=O) groups excluding carboxylic acids is 2. The third kappa shape index (κ3) is 3.12. The quantitative estimate of drug-likeness (QED) is 0.811. The maximum absolute atomic E-state index is 14.2. The Bertz CT molecular complexity index is 818. The van der Waals surface area contributed by atoms with Crippen LogP contribution in [0.2, 0.25) is 0 Å². The van der Waals surface area contributed by atoms with E-state index in [-0.39, 0.29) is 11.1 Å². The van der Waals surface area contributed by atoms with Gasteiger partial charge in [-0.1, -0.05) is 36.4 Å². The van der Waals surface area contributed by atoms with Gasteiger partial charge in [-0.3, -0.25) is 4.79 Å². The van der Waals surface area contributed by atoms with E-state index in [9.17, 15) is 14.0 Å². The van der Waals surface area contributed by atoms with Crippen molar-refractivity contribution in [2.75, 3.05) is 5.32 Å². The average molecular weight is 325 g/mol. The Morgan fingerprint density at radius 1 is 1.08 bits per heavy atom. The third-order valence-corrected chi connectivity index (χ3v) is 3.76. The first-order valence-electron chi connectivity index (χ1n) is 7.45. The van der Waals surface area contributed by atoms with E-state index in [2.05, 4.69) is 16.0 Å². The van der Waals surface area contributed by atoms with Crippen molar-refractivity contribution in [2.45, 2.75) is 13.0 Å². The highest BCUT2D eigenvalue weighted by Gasteiger charge is 2.32. The molecule has 0 saturated heterocycles. The molecular formula is C18H16FN3O2. The first kappa shape index (κ1) is 15.7. The number of para-hydroxylation sites is 1. The SMILES string of the molecule is CC1=C(C(=O)Nc2ccccc2)[C@H](c2ccccc2F)NC(=O)N1. The van der Waals surface area contributed by atoms with E-state index in [0.717, 1.165) is 0 Å². The summed E-state index contributed by atoms with van der Waals surface area (Å²) in [5, 5.41) is 7.94.